The topological polar surface area (TPSA) is 51.8 Å². The van der Waals surface area contributed by atoms with E-state index in [4.69, 9.17) is 19.4 Å². The summed E-state index contributed by atoms with van der Waals surface area (Å²) in [5.74, 6) is 1.90. The van der Waals surface area contributed by atoms with Crippen LogP contribution in [0.1, 0.15) is 0 Å². The molecule has 8 aromatic carbocycles. The Hall–Kier alpha value is -7.21. The van der Waals surface area contributed by atoms with Gasteiger partial charge < -0.3 is 4.42 Å². The van der Waals surface area contributed by atoms with Crippen molar-refractivity contribution in [1.29, 1.82) is 0 Å². The van der Waals surface area contributed by atoms with Gasteiger partial charge in [0.2, 0.25) is 0 Å². The fourth-order valence-corrected chi connectivity index (χ4v) is 9.07. The van der Waals surface area contributed by atoms with Crippen LogP contribution < -0.4 is 0 Å². The molecule has 0 spiro atoms. The molecule has 0 saturated carbocycles. The van der Waals surface area contributed by atoms with Crippen LogP contribution in [-0.4, -0.2) is 15.0 Å². The molecular weight excluding hydrogens is 703 g/mol. The second-order valence-corrected chi connectivity index (χ2v) is 15.0. The molecule has 4 nitrogen and oxygen atoms in total. The highest BCUT2D eigenvalue weighted by molar-refractivity contribution is 7.26. The number of hydrogen-bond acceptors (Lipinski definition) is 5. The second-order valence-electron chi connectivity index (χ2n) is 13.9. The van der Waals surface area contributed by atoms with E-state index in [1.165, 1.54) is 36.9 Å². The first kappa shape index (κ1) is 32.2. The zero-order chi connectivity index (χ0) is 37.0. The van der Waals surface area contributed by atoms with Crippen molar-refractivity contribution in [1.82, 2.24) is 15.0 Å². The van der Waals surface area contributed by atoms with Crippen LogP contribution in [0.5, 0.6) is 0 Å². The summed E-state index contributed by atoms with van der Waals surface area (Å²) in [4.78, 5) is 14.9. The molecule has 0 N–H and O–H groups in total. The summed E-state index contributed by atoms with van der Waals surface area (Å²) in [5.41, 5.74) is 11.4. The van der Waals surface area contributed by atoms with E-state index in [-0.39, 0.29) is 0 Å². The molecule has 11 aromatic rings. The summed E-state index contributed by atoms with van der Waals surface area (Å²) < 4.78 is 9.13. The van der Waals surface area contributed by atoms with E-state index in [0.717, 1.165) is 55.3 Å². The van der Waals surface area contributed by atoms with Gasteiger partial charge in [0.1, 0.15) is 11.2 Å². The van der Waals surface area contributed by atoms with Crippen LogP contribution in [0.2, 0.25) is 0 Å². The number of benzene rings is 8. The Balaban J connectivity index is 1.08. The molecule has 3 aromatic heterocycles. The Morgan fingerprint density at radius 2 is 0.929 bits per heavy atom. The highest BCUT2D eigenvalue weighted by Crippen LogP contribution is 2.46. The first-order valence-electron chi connectivity index (χ1n) is 18.7. The number of furan rings is 1. The summed E-state index contributed by atoms with van der Waals surface area (Å²) in [6.07, 6.45) is 0. The van der Waals surface area contributed by atoms with Crippen molar-refractivity contribution in [2.75, 3.05) is 0 Å². The molecule has 3 heterocycles. The van der Waals surface area contributed by atoms with Crippen LogP contribution in [0.15, 0.2) is 192 Å². The van der Waals surface area contributed by atoms with Crippen LogP contribution >= 0.6 is 11.3 Å². The van der Waals surface area contributed by atoms with Crippen molar-refractivity contribution in [3.8, 4) is 67.5 Å². The van der Waals surface area contributed by atoms with Crippen molar-refractivity contribution in [2.24, 2.45) is 0 Å². The van der Waals surface area contributed by atoms with Crippen LogP contribution in [0.25, 0.3) is 110 Å². The van der Waals surface area contributed by atoms with Gasteiger partial charge in [-0.1, -0.05) is 152 Å². The van der Waals surface area contributed by atoms with Gasteiger partial charge in [-0.25, -0.2) is 15.0 Å². The third-order valence-electron chi connectivity index (χ3n) is 10.5. The van der Waals surface area contributed by atoms with Gasteiger partial charge in [0.25, 0.3) is 0 Å². The zero-order valence-electron chi connectivity index (χ0n) is 30.1. The van der Waals surface area contributed by atoms with Gasteiger partial charge in [-0.2, -0.15) is 0 Å². The van der Waals surface area contributed by atoms with E-state index in [1.807, 2.05) is 72.0 Å². The lowest BCUT2D eigenvalue weighted by Crippen LogP contribution is -2.00. The molecule has 0 fully saturated rings. The fourth-order valence-electron chi connectivity index (χ4n) is 7.96. The quantitative estimate of drug-likeness (QED) is 0.171. The van der Waals surface area contributed by atoms with Crippen LogP contribution in [0.3, 0.4) is 0 Å². The lowest BCUT2D eigenvalue weighted by molar-refractivity contribution is 0.669. The molecule has 0 aliphatic heterocycles. The van der Waals surface area contributed by atoms with Crippen molar-refractivity contribution in [2.45, 2.75) is 0 Å². The van der Waals surface area contributed by atoms with Gasteiger partial charge in [0.15, 0.2) is 17.5 Å². The van der Waals surface area contributed by atoms with Gasteiger partial charge in [0.05, 0.1) is 0 Å². The maximum atomic E-state index is 6.55. The minimum Gasteiger partial charge on any atom is -0.456 e. The van der Waals surface area contributed by atoms with E-state index < -0.39 is 0 Å². The minimum atomic E-state index is 0.621. The Morgan fingerprint density at radius 1 is 0.339 bits per heavy atom. The van der Waals surface area contributed by atoms with Crippen LogP contribution in [0.4, 0.5) is 0 Å². The normalized spacial score (nSPS) is 11.6. The van der Waals surface area contributed by atoms with Gasteiger partial charge in [-0.05, 0) is 69.8 Å². The molecule has 5 heteroatoms. The van der Waals surface area contributed by atoms with Crippen molar-refractivity contribution >= 4 is 53.4 Å². The summed E-state index contributed by atoms with van der Waals surface area (Å²) in [7, 11) is 0. The Labute approximate surface area is 327 Å². The number of hydrogen-bond donors (Lipinski definition) is 0. The molecule has 0 saturated heterocycles. The van der Waals surface area contributed by atoms with Crippen LogP contribution in [-0.2, 0) is 0 Å². The molecule has 0 unspecified atom stereocenters. The third kappa shape index (κ3) is 5.48. The highest BCUT2D eigenvalue weighted by atomic mass is 32.1. The molecule has 0 aliphatic carbocycles. The van der Waals surface area contributed by atoms with Crippen LogP contribution in [0, 0.1) is 0 Å². The average molecular weight is 734 g/mol. The fraction of sp³-hybridized carbons (Fsp3) is 0. The summed E-state index contributed by atoms with van der Waals surface area (Å²) in [6, 6.07) is 65.7. The Bertz CT molecular complexity index is 3180. The molecule has 0 aliphatic rings. The lowest BCUT2D eigenvalue weighted by atomic mass is 9.90. The van der Waals surface area contributed by atoms with Gasteiger partial charge in [0, 0.05) is 47.6 Å². The standard InChI is InChI=1S/C51H31N3OS/c1-4-14-32(15-5-1)46-39(27-29-45-48(46)40-22-10-11-25-44(40)56-45)36-26-28-42-41(31-36)47-38(23-13-24-43(47)55-42)35-20-12-21-37(30-35)51-53-49(33-16-6-2-7-17-33)52-50(54-51)34-18-8-3-9-19-34/h1-31H. The van der Waals surface area contributed by atoms with E-state index >= 15 is 0 Å². The molecule has 0 amide bonds. The Morgan fingerprint density at radius 3 is 1.66 bits per heavy atom. The van der Waals surface area contributed by atoms with Gasteiger partial charge in [-0.3, -0.25) is 0 Å². The molecule has 0 atom stereocenters. The van der Waals surface area contributed by atoms with E-state index in [2.05, 4.69) is 127 Å². The van der Waals surface area contributed by atoms with Crippen molar-refractivity contribution < 1.29 is 4.42 Å². The molecule has 56 heavy (non-hydrogen) atoms. The number of fused-ring (bicyclic) bond motifs is 6. The molecule has 11 rings (SSSR count). The number of rotatable bonds is 6. The van der Waals surface area contributed by atoms with E-state index in [0.29, 0.717) is 17.5 Å². The Kier molecular flexibility index (Phi) is 7.64. The van der Waals surface area contributed by atoms with E-state index in [1.54, 1.807) is 0 Å². The SMILES string of the molecule is c1ccc(-c2nc(-c3ccccc3)nc(-c3cccc(-c4cccc5oc6ccc(-c7ccc8sc9ccccc9c8c7-c7ccccc7)cc6c45)c3)n2)cc1. The molecule has 0 bridgehead atoms. The van der Waals surface area contributed by atoms with Gasteiger partial charge >= 0.3 is 0 Å². The molecule has 0 radical (unpaired) electrons. The second kappa shape index (κ2) is 13.3. The highest BCUT2D eigenvalue weighted by Gasteiger charge is 2.20. The molecule has 262 valence electrons. The summed E-state index contributed by atoms with van der Waals surface area (Å²) in [6.45, 7) is 0. The number of nitrogens with zero attached hydrogens (tertiary/aromatic N) is 3. The maximum absolute atomic E-state index is 6.55. The predicted octanol–water partition coefficient (Wildman–Crippen LogP) is 14.1. The summed E-state index contributed by atoms with van der Waals surface area (Å²) in [5, 5.41) is 4.74. The third-order valence-corrected chi connectivity index (χ3v) is 11.7. The van der Waals surface area contributed by atoms with Crippen molar-refractivity contribution in [3.05, 3.63) is 188 Å². The lowest BCUT2D eigenvalue weighted by Gasteiger charge is -2.13. The first-order chi connectivity index (χ1) is 27.7. The average Bonchev–Trinajstić information content (AvgIpc) is 3.85. The largest absolute Gasteiger partial charge is 0.456 e. The smallest absolute Gasteiger partial charge is 0.164 e. The predicted molar refractivity (Wildman–Crippen MR) is 233 cm³/mol. The first-order valence-corrected chi connectivity index (χ1v) is 19.5. The van der Waals surface area contributed by atoms with Gasteiger partial charge in [-0.15, -0.1) is 11.3 Å². The maximum Gasteiger partial charge on any atom is 0.164 e. The number of aromatic nitrogens is 3. The molecular formula is C51H31N3OS. The summed E-state index contributed by atoms with van der Waals surface area (Å²) >= 11 is 1.85. The van der Waals surface area contributed by atoms with Crippen molar-refractivity contribution in [3.63, 3.8) is 0 Å². The minimum absolute atomic E-state index is 0.621. The van der Waals surface area contributed by atoms with E-state index in [9.17, 15) is 0 Å². The zero-order valence-corrected chi connectivity index (χ0v) is 30.9. The monoisotopic (exact) mass is 733 g/mol. The number of thiophene rings is 1.